The van der Waals surface area contributed by atoms with Crippen molar-refractivity contribution in [3.8, 4) is 0 Å². The zero-order valence-electron chi connectivity index (χ0n) is 19.0. The minimum absolute atomic E-state index is 0.0513. The van der Waals surface area contributed by atoms with E-state index in [1.54, 1.807) is 6.07 Å². The molecule has 1 aromatic heterocycles. The van der Waals surface area contributed by atoms with Crippen LogP contribution < -0.4 is 10.0 Å². The molecule has 1 amide bonds. The molecule has 4 aromatic rings. The number of aromatic nitrogens is 2. The molecule has 1 atom stereocenters. The number of aliphatic carboxylic acids is 1. The number of rotatable bonds is 8. The van der Waals surface area contributed by atoms with E-state index in [1.807, 2.05) is 0 Å². The number of carboxylic acids is 1. The molecule has 0 aliphatic carbocycles. The van der Waals surface area contributed by atoms with Crippen molar-refractivity contribution >= 4 is 77.8 Å². The molecule has 0 saturated heterocycles. The lowest BCUT2D eigenvalue weighted by Gasteiger charge is -2.18. The third-order valence-corrected chi connectivity index (χ3v) is 8.05. The Balaban J connectivity index is 1.67. The van der Waals surface area contributed by atoms with Crippen molar-refractivity contribution in [3.05, 3.63) is 92.4 Å². The van der Waals surface area contributed by atoms with E-state index < -0.39 is 33.8 Å². The Morgan fingerprint density at radius 1 is 1.05 bits per heavy atom. The number of hydrogen-bond acceptors (Lipinski definition) is 6. The quantitative estimate of drug-likeness (QED) is 0.244. The average Bonchev–Trinajstić information content (AvgIpc) is 2.87. The molecule has 14 heteroatoms. The summed E-state index contributed by atoms with van der Waals surface area (Å²) in [4.78, 5) is 33.1. The number of fused-ring (bicyclic) bond motifs is 1. The molecule has 9 nitrogen and oxygen atoms in total. The second kappa shape index (κ2) is 11.2. The average molecular weight is 642 g/mol. The second-order valence-electron chi connectivity index (χ2n) is 7.91. The number of sulfonamides is 1. The van der Waals surface area contributed by atoms with E-state index in [0.717, 1.165) is 18.2 Å². The summed E-state index contributed by atoms with van der Waals surface area (Å²) in [7, 11) is -4.32. The minimum Gasteiger partial charge on any atom is -0.480 e. The number of nitrogens with zero attached hydrogens (tertiary/aromatic N) is 2. The molecule has 38 heavy (non-hydrogen) atoms. The summed E-state index contributed by atoms with van der Waals surface area (Å²) in [5, 5.41) is 11.9. The number of amides is 1. The van der Waals surface area contributed by atoms with Crippen LogP contribution >= 0.6 is 39.1 Å². The van der Waals surface area contributed by atoms with Crippen LogP contribution in [0.3, 0.4) is 0 Å². The highest BCUT2D eigenvalue weighted by Gasteiger charge is 2.26. The lowest BCUT2D eigenvalue weighted by Crippen LogP contribution is -2.42. The normalized spacial score (nSPS) is 12.2. The fourth-order valence-electron chi connectivity index (χ4n) is 3.54. The SMILES string of the molecule is O=C(NC(Cc1ccc(F)c(Br)c1)C(=O)O)c1cc(Cl)c(Cl)cc1NS(=O)(=O)c1cccc2nccnc12. The molecule has 0 spiro atoms. The molecule has 0 bridgehead atoms. The third-order valence-electron chi connectivity index (χ3n) is 5.33. The van der Waals surface area contributed by atoms with Crippen molar-refractivity contribution in [2.24, 2.45) is 0 Å². The van der Waals surface area contributed by atoms with Gasteiger partial charge in [-0.1, -0.05) is 35.3 Å². The number of para-hydroxylation sites is 1. The van der Waals surface area contributed by atoms with Crippen LogP contribution in [0, 0.1) is 5.82 Å². The molecule has 1 unspecified atom stereocenters. The molecule has 3 aromatic carbocycles. The van der Waals surface area contributed by atoms with Gasteiger partial charge >= 0.3 is 5.97 Å². The number of benzene rings is 3. The number of carbonyl (C=O) groups excluding carboxylic acids is 1. The van der Waals surface area contributed by atoms with Gasteiger partial charge in [-0.15, -0.1) is 0 Å². The highest BCUT2D eigenvalue weighted by molar-refractivity contribution is 9.10. The Kier molecular flexibility index (Phi) is 8.16. The van der Waals surface area contributed by atoms with Gasteiger partial charge in [-0.2, -0.15) is 0 Å². The zero-order valence-corrected chi connectivity index (χ0v) is 22.9. The molecular formula is C24H16BrCl2FN4O5S. The van der Waals surface area contributed by atoms with E-state index in [1.165, 1.54) is 36.7 Å². The van der Waals surface area contributed by atoms with Crippen molar-refractivity contribution < 1.29 is 27.5 Å². The molecule has 0 aliphatic rings. The van der Waals surface area contributed by atoms with Crippen molar-refractivity contribution in [3.63, 3.8) is 0 Å². The molecule has 0 saturated carbocycles. The first kappa shape index (κ1) is 27.7. The Hall–Kier alpha value is -3.32. The fraction of sp³-hybridized carbons (Fsp3) is 0.0833. The molecule has 3 N–H and O–H groups in total. The molecule has 0 aliphatic heterocycles. The Morgan fingerprint density at radius 3 is 2.47 bits per heavy atom. The number of hydrogen-bond donors (Lipinski definition) is 3. The van der Waals surface area contributed by atoms with E-state index in [4.69, 9.17) is 23.2 Å². The summed E-state index contributed by atoms with van der Waals surface area (Å²) < 4.78 is 42.6. The highest BCUT2D eigenvalue weighted by atomic mass is 79.9. The number of anilines is 1. The van der Waals surface area contributed by atoms with Crippen molar-refractivity contribution in [2.75, 3.05) is 4.72 Å². The largest absolute Gasteiger partial charge is 0.480 e. The molecule has 0 fully saturated rings. The van der Waals surface area contributed by atoms with Crippen LogP contribution in [-0.2, 0) is 21.2 Å². The first-order valence-corrected chi connectivity index (χ1v) is 13.7. The first-order chi connectivity index (χ1) is 18.0. The predicted octanol–water partition coefficient (Wildman–Crippen LogP) is 5.06. The minimum atomic E-state index is -4.32. The van der Waals surface area contributed by atoms with Crippen LogP contribution in [0.15, 0.2) is 70.3 Å². The van der Waals surface area contributed by atoms with Gasteiger partial charge in [0.1, 0.15) is 22.3 Å². The highest BCUT2D eigenvalue weighted by Crippen LogP contribution is 2.31. The van der Waals surface area contributed by atoms with Crippen LogP contribution in [-0.4, -0.2) is 41.4 Å². The number of carboxylic acid groups (broad SMARTS) is 1. The Morgan fingerprint density at radius 2 is 1.76 bits per heavy atom. The summed E-state index contributed by atoms with van der Waals surface area (Å²) >= 11 is 15.2. The summed E-state index contributed by atoms with van der Waals surface area (Å²) in [6.07, 6.45) is 2.57. The van der Waals surface area contributed by atoms with Gasteiger partial charge in [0.25, 0.3) is 15.9 Å². The van der Waals surface area contributed by atoms with E-state index in [2.05, 4.69) is 35.9 Å². The fourth-order valence-corrected chi connectivity index (χ4v) is 5.53. The maximum atomic E-state index is 13.6. The molecule has 4 rings (SSSR count). The van der Waals surface area contributed by atoms with Gasteiger partial charge in [0.15, 0.2) is 0 Å². The number of halogens is 4. The Labute approximate surface area is 234 Å². The van der Waals surface area contributed by atoms with Gasteiger partial charge in [0.05, 0.1) is 31.3 Å². The standard InChI is InChI=1S/C24H16BrCl2FN4O5S/c25-14-8-12(4-5-17(14)28)9-20(24(34)35)31-23(33)13-10-15(26)16(27)11-19(13)32-38(36,37)21-3-1-2-18-22(21)30-7-6-29-18/h1-8,10-11,20,32H,9H2,(H,31,33)(H,34,35). The first-order valence-electron chi connectivity index (χ1n) is 10.7. The monoisotopic (exact) mass is 640 g/mol. The Bertz CT molecular complexity index is 1680. The maximum absolute atomic E-state index is 13.6. The second-order valence-corrected chi connectivity index (χ2v) is 11.2. The van der Waals surface area contributed by atoms with Crippen molar-refractivity contribution in [2.45, 2.75) is 17.4 Å². The molecule has 1 heterocycles. The van der Waals surface area contributed by atoms with E-state index in [-0.39, 0.29) is 42.6 Å². The van der Waals surface area contributed by atoms with Crippen molar-refractivity contribution in [1.82, 2.24) is 15.3 Å². The van der Waals surface area contributed by atoms with Gasteiger partial charge in [0, 0.05) is 18.8 Å². The van der Waals surface area contributed by atoms with Gasteiger partial charge in [-0.3, -0.25) is 19.5 Å². The lowest BCUT2D eigenvalue weighted by molar-refractivity contribution is -0.139. The lowest BCUT2D eigenvalue weighted by atomic mass is 10.0. The topological polar surface area (TPSA) is 138 Å². The van der Waals surface area contributed by atoms with E-state index in [9.17, 15) is 27.5 Å². The van der Waals surface area contributed by atoms with Crippen LogP contribution in [0.25, 0.3) is 11.0 Å². The van der Waals surface area contributed by atoms with E-state index in [0.29, 0.717) is 11.1 Å². The smallest absolute Gasteiger partial charge is 0.326 e. The van der Waals surface area contributed by atoms with E-state index >= 15 is 0 Å². The maximum Gasteiger partial charge on any atom is 0.326 e. The zero-order chi connectivity index (χ0) is 27.6. The summed E-state index contributed by atoms with van der Waals surface area (Å²) in [6.45, 7) is 0. The van der Waals surface area contributed by atoms with Crippen LogP contribution in [0.5, 0.6) is 0 Å². The van der Waals surface area contributed by atoms with Gasteiger partial charge < -0.3 is 10.4 Å². The summed E-state index contributed by atoms with van der Waals surface area (Å²) in [5.41, 5.74) is 0.342. The van der Waals surface area contributed by atoms with Crippen molar-refractivity contribution in [1.29, 1.82) is 0 Å². The summed E-state index contributed by atoms with van der Waals surface area (Å²) in [5.74, 6) is -2.84. The van der Waals surface area contributed by atoms with Crippen LogP contribution in [0.1, 0.15) is 15.9 Å². The van der Waals surface area contributed by atoms with Crippen LogP contribution in [0.4, 0.5) is 10.1 Å². The third kappa shape index (κ3) is 6.04. The molecule has 196 valence electrons. The van der Waals surface area contributed by atoms with Gasteiger partial charge in [0.2, 0.25) is 0 Å². The molecular weight excluding hydrogens is 626 g/mol. The summed E-state index contributed by atoms with van der Waals surface area (Å²) in [6, 6.07) is 9.14. The van der Waals surface area contributed by atoms with Gasteiger partial charge in [-0.05, 0) is 57.9 Å². The number of nitrogens with one attached hydrogen (secondary N) is 2. The predicted molar refractivity (Wildman–Crippen MR) is 144 cm³/mol. The van der Waals surface area contributed by atoms with Gasteiger partial charge in [-0.25, -0.2) is 17.6 Å². The molecule has 0 radical (unpaired) electrons. The number of carbonyl (C=O) groups is 2. The van der Waals surface area contributed by atoms with Crippen LogP contribution in [0.2, 0.25) is 10.0 Å².